The van der Waals surface area contributed by atoms with Crippen LogP contribution in [-0.4, -0.2) is 421 Å². The normalized spacial score (nSPS) is 9.88. The molecule has 9 amide bonds. The molecule has 43 nitrogen and oxygen atoms in total. The third kappa shape index (κ3) is 49.9. The maximum absolute atomic E-state index is 12.2. The molecule has 0 aliphatic heterocycles. The number of carbonyl (C=O) groups is 9. The number of aromatic hydroxyl groups is 9. The number of phenols is 2. The quantitative estimate of drug-likeness (QED) is 0.0163. The number of aromatic nitrogens is 7. The van der Waals surface area contributed by atoms with Gasteiger partial charge in [0.1, 0.15) is 51.7 Å². The summed E-state index contributed by atoms with van der Waals surface area (Å²) in [5.74, 6) is -2.56. The standard InChI is InChI=1S/3C12H18N2O4.C11H15NO3.C11H15NO2.2C10H14N2O3.2C10H14N2O2.3Fe/c3*1-17-7-5-14(6-8-18-2)12(16)10-3-4-13-9-11(10)15;1-12(7-8-15-2)11(14)9-5-3-4-6-10(9)13;1-3-12(4-2)11(14)9-7-5-6-8-10(9)13;2*1-12(5-6-15-2)10(14)8-3-4-11-7-9(8)13;2*1-3-12(4-2)10(14)8-5-6-11-7-9(8)13;;;/h3*3-4,9,15H,5-8H2,1-2H3;3-6,13H,7-8H2,1-2H3;5-8,13H,3-4H2,1-2H3;2*3-4,7,13H,5-6H2,1-2H3;2*5-7,13H,3-4H2,1-2H3;;;. The van der Waals surface area contributed by atoms with Gasteiger partial charge >= 0.3 is 0 Å². The van der Waals surface area contributed by atoms with Crippen molar-refractivity contribution >= 4 is 53.2 Å². The molecule has 9 rings (SSSR count). The van der Waals surface area contributed by atoms with Crippen LogP contribution in [0.15, 0.2) is 178 Å². The third-order valence-electron chi connectivity index (χ3n) is 19.8. The molecule has 9 aromatic rings. The molecule has 0 aliphatic carbocycles. The molecule has 0 spiro atoms. The average molecular weight is 2140 g/mol. The molecule has 7 heterocycles. The zero-order valence-corrected chi connectivity index (χ0v) is 88.1. The molecule has 0 aliphatic rings. The summed E-state index contributed by atoms with van der Waals surface area (Å²) in [4.78, 5) is 147. The van der Waals surface area contributed by atoms with Gasteiger partial charge in [0.05, 0.1) is 153 Å². The average Bonchev–Trinajstić information content (AvgIpc) is 0.744. The van der Waals surface area contributed by atoms with E-state index >= 15 is 0 Å². The van der Waals surface area contributed by atoms with E-state index in [1.54, 1.807) is 151 Å². The predicted molar refractivity (Wildman–Crippen MR) is 525 cm³/mol. The summed E-state index contributed by atoms with van der Waals surface area (Å²) in [5, 5.41) is 85.4. The Morgan fingerprint density at radius 3 is 0.500 bits per heavy atom. The minimum Gasteiger partial charge on any atom is -0.507 e. The fraction of sp³-hybridized carbons (Fsp3) is 0.429. The van der Waals surface area contributed by atoms with Crippen LogP contribution in [0.3, 0.4) is 0 Å². The fourth-order valence-corrected chi connectivity index (χ4v) is 11.6. The number of hydrogen-bond acceptors (Lipinski definition) is 34. The number of pyridine rings is 7. The summed E-state index contributed by atoms with van der Waals surface area (Å²) in [6.45, 7) is 23.4. The largest absolute Gasteiger partial charge is 0.507 e. The molecule has 7 aromatic heterocycles. The van der Waals surface area contributed by atoms with Gasteiger partial charge in [0.2, 0.25) is 0 Å². The first kappa shape index (κ1) is 135. The van der Waals surface area contributed by atoms with Gasteiger partial charge in [-0.1, -0.05) is 24.3 Å². The van der Waals surface area contributed by atoms with Gasteiger partial charge in [-0.05, 0) is 108 Å². The van der Waals surface area contributed by atoms with Crippen LogP contribution in [0.4, 0.5) is 0 Å². The van der Waals surface area contributed by atoms with Crippen LogP contribution in [0.1, 0.15) is 135 Å². The summed E-state index contributed by atoms with van der Waals surface area (Å²) in [6, 6.07) is 23.6. The number of ether oxygens (including phenoxy) is 9. The second-order valence-electron chi connectivity index (χ2n) is 29.2. The molecule has 0 radical (unpaired) electrons. The van der Waals surface area contributed by atoms with Crippen molar-refractivity contribution < 1.29 is 183 Å². The Labute approximate surface area is 873 Å². The Balaban J connectivity index is -0.00000155. The SMILES string of the molecule is CCN(CC)C(=O)c1ccccc1O.CCN(CC)C(=O)c1ccncc1O.CCN(CC)C(=O)c1ccncc1O.COCCN(C)C(=O)c1ccccc1O.COCCN(C)C(=O)c1ccncc1O.COCCN(C)C(=O)c1ccncc1O.COCCN(CCOC)C(=O)c1ccncc1O.COCCN(CCOC)C(=O)c1ccncc1O.COCCN(CCOC)C(=O)c1ccncc1O.[Fe].[Fe].[Fe]. The molecule has 798 valence electrons. The minimum atomic E-state index is -0.260. The van der Waals surface area contributed by atoms with E-state index in [9.17, 15) is 89.1 Å². The van der Waals surface area contributed by atoms with Crippen molar-refractivity contribution in [3.8, 4) is 51.7 Å². The van der Waals surface area contributed by atoms with Crippen LogP contribution >= 0.6 is 0 Å². The van der Waals surface area contributed by atoms with E-state index in [1.165, 1.54) is 156 Å². The molecule has 0 atom stereocenters. The first-order chi connectivity index (χ1) is 67.7. The number of amides is 9. The molecule has 144 heavy (non-hydrogen) atoms. The van der Waals surface area contributed by atoms with Crippen molar-refractivity contribution in [2.45, 2.75) is 41.5 Å². The van der Waals surface area contributed by atoms with Gasteiger partial charge in [0, 0.05) is 278 Å². The number of nitrogens with zero attached hydrogens (tertiary/aromatic N) is 16. The number of phenolic OH excluding ortho intramolecular Hbond substituents is 2. The van der Waals surface area contributed by atoms with Crippen molar-refractivity contribution in [2.24, 2.45) is 0 Å². The van der Waals surface area contributed by atoms with Gasteiger partial charge in [-0.2, -0.15) is 0 Å². The van der Waals surface area contributed by atoms with E-state index < -0.39 is 0 Å². The van der Waals surface area contributed by atoms with E-state index in [-0.39, 0.29) is 184 Å². The molecule has 2 aromatic carbocycles. The van der Waals surface area contributed by atoms with Crippen molar-refractivity contribution in [1.82, 2.24) is 79.0 Å². The Morgan fingerprint density at radius 1 is 0.208 bits per heavy atom. The molecule has 0 bridgehead atoms. The van der Waals surface area contributed by atoms with Crippen molar-refractivity contribution in [1.29, 1.82) is 0 Å². The predicted octanol–water partition coefficient (Wildman–Crippen LogP) is 8.09. The van der Waals surface area contributed by atoms with Crippen LogP contribution < -0.4 is 0 Å². The zero-order chi connectivity index (χ0) is 106. The zero-order valence-electron chi connectivity index (χ0n) is 84.8. The topological polar surface area (TPSA) is 538 Å². The third-order valence-corrected chi connectivity index (χ3v) is 19.8. The number of methoxy groups -OCH3 is 9. The first-order valence-corrected chi connectivity index (χ1v) is 44.6. The molecular formula is C98H140Fe3N16O27. The molecule has 0 saturated carbocycles. The number of para-hydroxylation sites is 2. The fourth-order valence-electron chi connectivity index (χ4n) is 11.6. The van der Waals surface area contributed by atoms with Gasteiger partial charge in [-0.3, -0.25) is 78.0 Å². The van der Waals surface area contributed by atoms with E-state index in [0.29, 0.717) is 180 Å². The molecule has 0 saturated heterocycles. The summed E-state index contributed by atoms with van der Waals surface area (Å²) in [6.07, 6.45) is 19.1. The molecule has 0 fully saturated rings. The van der Waals surface area contributed by atoms with Crippen molar-refractivity contribution in [2.75, 3.05) is 243 Å². The summed E-state index contributed by atoms with van der Waals surface area (Å²) < 4.78 is 44.3. The maximum atomic E-state index is 12.2. The van der Waals surface area contributed by atoms with Gasteiger partial charge in [0.25, 0.3) is 53.2 Å². The minimum absolute atomic E-state index is 0. The Kier molecular flexibility index (Phi) is 75.6. The summed E-state index contributed by atoms with van der Waals surface area (Å²) >= 11 is 0. The van der Waals surface area contributed by atoms with Crippen LogP contribution in [0.2, 0.25) is 0 Å². The molecule has 46 heteroatoms. The molecule has 0 unspecified atom stereocenters. The van der Waals surface area contributed by atoms with Crippen LogP contribution in [0, 0.1) is 0 Å². The van der Waals surface area contributed by atoms with E-state index in [2.05, 4.69) is 34.9 Å². The molecule has 9 N–H and O–H groups in total. The summed E-state index contributed by atoms with van der Waals surface area (Å²) in [5.41, 5.74) is 2.51. The Bertz CT molecular complexity index is 4610. The van der Waals surface area contributed by atoms with Crippen LogP contribution in [0.5, 0.6) is 51.7 Å². The van der Waals surface area contributed by atoms with E-state index in [1.807, 2.05) is 41.5 Å². The monoisotopic (exact) mass is 2140 g/mol. The maximum Gasteiger partial charge on any atom is 0.257 e. The number of rotatable bonds is 42. The van der Waals surface area contributed by atoms with E-state index in [0.717, 1.165) is 0 Å². The van der Waals surface area contributed by atoms with Crippen LogP contribution in [0.25, 0.3) is 0 Å². The second-order valence-corrected chi connectivity index (χ2v) is 29.2. The van der Waals surface area contributed by atoms with Gasteiger partial charge < -0.3 is 133 Å². The van der Waals surface area contributed by atoms with Gasteiger partial charge in [-0.25, -0.2) is 0 Å². The number of hydrogen-bond donors (Lipinski definition) is 9. The van der Waals surface area contributed by atoms with Crippen molar-refractivity contribution in [3.05, 3.63) is 228 Å². The smallest absolute Gasteiger partial charge is 0.257 e. The van der Waals surface area contributed by atoms with E-state index in [4.69, 9.17) is 42.6 Å². The number of benzene rings is 2. The number of likely N-dealkylation sites (N-methyl/N-ethyl adjacent to an activating group) is 3. The Morgan fingerprint density at radius 2 is 0.347 bits per heavy atom. The second kappa shape index (κ2) is 80.5. The number of carbonyl (C=O) groups excluding carboxylic acids is 9. The van der Waals surface area contributed by atoms with Gasteiger partial charge in [-0.15, -0.1) is 0 Å². The first-order valence-electron chi connectivity index (χ1n) is 44.6. The Hall–Kier alpha value is -12.9. The van der Waals surface area contributed by atoms with Crippen molar-refractivity contribution in [3.63, 3.8) is 0 Å². The van der Waals surface area contributed by atoms with Gasteiger partial charge in [0.15, 0.2) is 0 Å². The molecular weight excluding hydrogens is 2000 g/mol. The summed E-state index contributed by atoms with van der Waals surface area (Å²) in [7, 11) is 19.1. The van der Waals surface area contributed by atoms with Crippen LogP contribution in [-0.2, 0) is 93.8 Å².